The van der Waals surface area contributed by atoms with Crippen molar-refractivity contribution < 1.29 is 9.90 Å². The van der Waals surface area contributed by atoms with Gasteiger partial charge in [-0.25, -0.2) is 0 Å². The van der Waals surface area contributed by atoms with Crippen molar-refractivity contribution in [1.29, 1.82) is 0 Å². The van der Waals surface area contributed by atoms with Crippen molar-refractivity contribution in [2.24, 2.45) is 11.8 Å². The highest BCUT2D eigenvalue weighted by Gasteiger charge is 2.18. The second-order valence-electron chi connectivity index (χ2n) is 6.18. The van der Waals surface area contributed by atoms with Gasteiger partial charge < -0.3 is 10.4 Å². The lowest BCUT2D eigenvalue weighted by molar-refractivity contribution is 0.0949. The zero-order chi connectivity index (χ0) is 14.5. The molecular weight excluding hydrogens is 250 g/mol. The molecule has 0 heterocycles. The first-order chi connectivity index (χ1) is 9.56. The van der Waals surface area contributed by atoms with E-state index in [1.807, 2.05) is 6.92 Å². The number of carbonyl (C=O) groups is 1. The highest BCUT2D eigenvalue weighted by atomic mass is 16.3. The number of benzene rings is 1. The van der Waals surface area contributed by atoms with E-state index in [9.17, 15) is 9.90 Å². The van der Waals surface area contributed by atoms with E-state index in [4.69, 9.17) is 0 Å². The molecule has 2 atom stereocenters. The number of phenolic OH excluding ortho intramolecular Hbond substituents is 1. The van der Waals surface area contributed by atoms with Crippen LogP contribution >= 0.6 is 0 Å². The Labute approximate surface area is 121 Å². The summed E-state index contributed by atoms with van der Waals surface area (Å²) in [5, 5.41) is 12.4. The predicted octanol–water partition coefficient (Wildman–Crippen LogP) is 3.65. The molecule has 0 saturated heterocycles. The number of nitrogens with one attached hydrogen (secondary N) is 1. The highest BCUT2D eigenvalue weighted by molar-refractivity contribution is 5.95. The molecule has 1 aromatic carbocycles. The van der Waals surface area contributed by atoms with E-state index in [0.29, 0.717) is 5.56 Å². The van der Waals surface area contributed by atoms with Gasteiger partial charge in [0.05, 0.1) is 0 Å². The standard InChI is InChI=1S/C17H25NO2/c1-12-4-3-5-14(10-12)8-9-18-17(20)16-7-6-15(19)11-13(16)2/h6-7,11-12,14,19H,3-5,8-10H2,1-2H3,(H,18,20). The van der Waals surface area contributed by atoms with Gasteiger partial charge in [-0.15, -0.1) is 0 Å². The molecule has 1 aromatic rings. The van der Waals surface area contributed by atoms with Crippen molar-refractivity contribution in [3.63, 3.8) is 0 Å². The molecular formula is C17H25NO2. The molecule has 1 amide bonds. The van der Waals surface area contributed by atoms with Crippen LogP contribution in [0.25, 0.3) is 0 Å². The number of phenols is 1. The molecule has 1 aliphatic rings. The fourth-order valence-electron chi connectivity index (χ4n) is 3.21. The van der Waals surface area contributed by atoms with Crippen LogP contribution in [0.3, 0.4) is 0 Å². The molecule has 110 valence electrons. The van der Waals surface area contributed by atoms with E-state index in [1.54, 1.807) is 18.2 Å². The third kappa shape index (κ3) is 3.99. The van der Waals surface area contributed by atoms with Gasteiger partial charge in [0.2, 0.25) is 0 Å². The number of rotatable bonds is 4. The van der Waals surface area contributed by atoms with Crippen LogP contribution in [0.2, 0.25) is 0 Å². The van der Waals surface area contributed by atoms with E-state index in [0.717, 1.165) is 30.4 Å². The first kappa shape index (κ1) is 14.9. The average molecular weight is 275 g/mol. The molecule has 3 heteroatoms. The van der Waals surface area contributed by atoms with Crippen molar-refractivity contribution in [3.05, 3.63) is 29.3 Å². The van der Waals surface area contributed by atoms with Crippen molar-refractivity contribution in [3.8, 4) is 5.75 Å². The van der Waals surface area contributed by atoms with Crippen LogP contribution in [-0.4, -0.2) is 17.6 Å². The molecule has 1 aliphatic carbocycles. The second-order valence-corrected chi connectivity index (χ2v) is 6.18. The zero-order valence-electron chi connectivity index (χ0n) is 12.5. The Hall–Kier alpha value is -1.51. The van der Waals surface area contributed by atoms with E-state index in [1.165, 1.54) is 25.7 Å². The van der Waals surface area contributed by atoms with Crippen molar-refractivity contribution >= 4 is 5.91 Å². The van der Waals surface area contributed by atoms with Gasteiger partial charge in [-0.2, -0.15) is 0 Å². The van der Waals surface area contributed by atoms with Gasteiger partial charge in [-0.1, -0.05) is 26.2 Å². The number of hydrogen-bond donors (Lipinski definition) is 2. The maximum absolute atomic E-state index is 12.1. The highest BCUT2D eigenvalue weighted by Crippen LogP contribution is 2.30. The maximum Gasteiger partial charge on any atom is 0.251 e. The normalized spacial score (nSPS) is 22.5. The van der Waals surface area contributed by atoms with Gasteiger partial charge >= 0.3 is 0 Å². The summed E-state index contributed by atoms with van der Waals surface area (Å²) in [6.45, 7) is 4.92. The molecule has 0 aliphatic heterocycles. The molecule has 1 saturated carbocycles. The van der Waals surface area contributed by atoms with Crippen LogP contribution in [0.1, 0.15) is 54.9 Å². The van der Waals surface area contributed by atoms with Crippen LogP contribution in [0.15, 0.2) is 18.2 Å². The van der Waals surface area contributed by atoms with Gasteiger partial charge in [-0.3, -0.25) is 4.79 Å². The molecule has 0 radical (unpaired) electrons. The number of aryl methyl sites for hydroxylation is 1. The Morgan fingerprint density at radius 1 is 1.40 bits per heavy atom. The minimum atomic E-state index is -0.0358. The molecule has 1 fully saturated rings. The molecule has 3 nitrogen and oxygen atoms in total. The lowest BCUT2D eigenvalue weighted by Crippen LogP contribution is -2.27. The molecule has 2 N–H and O–H groups in total. The summed E-state index contributed by atoms with van der Waals surface area (Å²) < 4.78 is 0. The third-order valence-corrected chi connectivity index (χ3v) is 4.34. The van der Waals surface area contributed by atoms with Crippen LogP contribution in [0.5, 0.6) is 5.75 Å². The van der Waals surface area contributed by atoms with Gasteiger partial charge in [0, 0.05) is 12.1 Å². The minimum absolute atomic E-state index is 0.0358. The van der Waals surface area contributed by atoms with E-state index < -0.39 is 0 Å². The quantitative estimate of drug-likeness (QED) is 0.881. The van der Waals surface area contributed by atoms with E-state index in [2.05, 4.69) is 12.2 Å². The van der Waals surface area contributed by atoms with Crippen molar-refractivity contribution in [1.82, 2.24) is 5.32 Å². The smallest absolute Gasteiger partial charge is 0.251 e. The lowest BCUT2D eigenvalue weighted by atomic mass is 9.81. The van der Waals surface area contributed by atoms with Crippen LogP contribution in [0.4, 0.5) is 0 Å². The molecule has 0 bridgehead atoms. The summed E-state index contributed by atoms with van der Waals surface area (Å²) in [5.74, 6) is 1.77. The topological polar surface area (TPSA) is 49.3 Å². The van der Waals surface area contributed by atoms with Crippen LogP contribution < -0.4 is 5.32 Å². The second kappa shape index (κ2) is 6.78. The van der Waals surface area contributed by atoms with E-state index >= 15 is 0 Å². The third-order valence-electron chi connectivity index (χ3n) is 4.34. The summed E-state index contributed by atoms with van der Waals surface area (Å²) in [6.07, 6.45) is 6.37. The maximum atomic E-state index is 12.1. The number of amides is 1. The van der Waals surface area contributed by atoms with Crippen LogP contribution in [-0.2, 0) is 0 Å². The Morgan fingerprint density at radius 3 is 2.90 bits per heavy atom. The van der Waals surface area contributed by atoms with Gasteiger partial charge in [0.1, 0.15) is 5.75 Å². The monoisotopic (exact) mass is 275 g/mol. The molecule has 2 unspecified atom stereocenters. The van der Waals surface area contributed by atoms with Crippen molar-refractivity contribution in [2.45, 2.75) is 46.0 Å². The summed E-state index contributed by atoms with van der Waals surface area (Å²) in [6, 6.07) is 4.87. The van der Waals surface area contributed by atoms with Gasteiger partial charge in [0.15, 0.2) is 0 Å². The number of aromatic hydroxyl groups is 1. The van der Waals surface area contributed by atoms with Crippen molar-refractivity contribution in [2.75, 3.05) is 6.54 Å². The molecule has 2 rings (SSSR count). The van der Waals surface area contributed by atoms with Gasteiger partial charge in [-0.05, 0) is 55.4 Å². The Kier molecular flexibility index (Phi) is 5.05. The first-order valence-electron chi connectivity index (χ1n) is 7.64. The Bertz CT molecular complexity index is 470. The Morgan fingerprint density at radius 2 is 2.20 bits per heavy atom. The summed E-state index contributed by atoms with van der Waals surface area (Å²) in [7, 11) is 0. The molecule has 0 aromatic heterocycles. The molecule has 0 spiro atoms. The summed E-state index contributed by atoms with van der Waals surface area (Å²) >= 11 is 0. The zero-order valence-corrected chi connectivity index (χ0v) is 12.5. The Balaban J connectivity index is 1.80. The fourth-order valence-corrected chi connectivity index (χ4v) is 3.21. The lowest BCUT2D eigenvalue weighted by Gasteiger charge is -2.26. The summed E-state index contributed by atoms with van der Waals surface area (Å²) in [4.78, 5) is 12.1. The largest absolute Gasteiger partial charge is 0.508 e. The van der Waals surface area contributed by atoms with Crippen LogP contribution in [0, 0.1) is 18.8 Å². The fraction of sp³-hybridized carbons (Fsp3) is 0.588. The first-order valence-corrected chi connectivity index (χ1v) is 7.64. The SMILES string of the molecule is Cc1cc(O)ccc1C(=O)NCCC1CCCC(C)C1. The van der Waals surface area contributed by atoms with Gasteiger partial charge in [0.25, 0.3) is 5.91 Å². The number of carbonyl (C=O) groups excluding carboxylic acids is 1. The minimum Gasteiger partial charge on any atom is -0.508 e. The predicted molar refractivity (Wildman–Crippen MR) is 80.9 cm³/mol. The number of hydrogen-bond acceptors (Lipinski definition) is 2. The average Bonchev–Trinajstić information content (AvgIpc) is 2.38. The molecule has 20 heavy (non-hydrogen) atoms. The summed E-state index contributed by atoms with van der Waals surface area (Å²) in [5.41, 5.74) is 1.47. The van der Waals surface area contributed by atoms with E-state index in [-0.39, 0.29) is 11.7 Å².